The zero-order valence-corrected chi connectivity index (χ0v) is 15.3. The van der Waals surface area contributed by atoms with Crippen molar-refractivity contribution in [1.29, 1.82) is 0 Å². The molecule has 23 heavy (non-hydrogen) atoms. The van der Waals surface area contributed by atoms with Gasteiger partial charge in [0.25, 0.3) is 0 Å². The van der Waals surface area contributed by atoms with Crippen LogP contribution in [0.25, 0.3) is 0 Å². The fraction of sp³-hybridized carbons (Fsp3) is 1.00. The van der Waals surface area contributed by atoms with Crippen LogP contribution < -0.4 is 5.73 Å². The monoisotopic (exact) mass is 355 g/mol. The average Bonchev–Trinajstić information content (AvgIpc) is 2.51. The van der Waals surface area contributed by atoms with Gasteiger partial charge in [0.05, 0.1) is 18.8 Å². The van der Waals surface area contributed by atoms with E-state index in [4.69, 9.17) is 10.3 Å². The smallest absolute Gasteiger partial charge is 0.388 e. The number of phosphoric acid groups is 1. The molecule has 0 aromatic heterocycles. The molecule has 0 aliphatic heterocycles. The van der Waals surface area contributed by atoms with Crippen molar-refractivity contribution < 1.29 is 28.7 Å². The van der Waals surface area contributed by atoms with E-state index < -0.39 is 26.1 Å². The third-order valence-corrected chi connectivity index (χ3v) is 4.80. The normalized spacial score (nSPS) is 16.3. The van der Waals surface area contributed by atoms with E-state index in [9.17, 15) is 19.7 Å². The van der Waals surface area contributed by atoms with E-state index in [-0.39, 0.29) is 13.2 Å². The molecule has 5 N–H and O–H groups in total. The van der Waals surface area contributed by atoms with Gasteiger partial charge in [0, 0.05) is 6.54 Å². The molecule has 0 aromatic carbocycles. The van der Waals surface area contributed by atoms with Gasteiger partial charge in [0.1, 0.15) is 6.10 Å². The maximum atomic E-state index is 11.6. The number of unbranched alkanes of at least 4 members (excludes halogenated alkanes) is 4. The second-order valence-corrected chi connectivity index (χ2v) is 7.37. The fourth-order valence-electron chi connectivity index (χ4n) is 2.35. The maximum absolute atomic E-state index is 11.6. The van der Waals surface area contributed by atoms with Crippen molar-refractivity contribution in [1.82, 2.24) is 0 Å². The highest BCUT2D eigenvalue weighted by Crippen LogP contribution is 2.43. The number of aliphatic hydroxyl groups is 2. The molecule has 0 spiro atoms. The first kappa shape index (κ1) is 23.0. The van der Waals surface area contributed by atoms with Crippen LogP contribution in [0.5, 0.6) is 0 Å². The Morgan fingerprint density at radius 2 is 1.61 bits per heavy atom. The number of hydrogen-bond acceptors (Lipinski definition) is 6. The van der Waals surface area contributed by atoms with Gasteiger partial charge < -0.3 is 20.8 Å². The summed E-state index contributed by atoms with van der Waals surface area (Å²) in [5, 5.41) is 21.0. The molecule has 0 radical (unpaired) electrons. The van der Waals surface area contributed by atoms with E-state index in [1.165, 1.54) is 0 Å². The zero-order chi connectivity index (χ0) is 17.8. The number of rotatable bonds is 15. The van der Waals surface area contributed by atoms with E-state index in [1.807, 2.05) is 0 Å². The van der Waals surface area contributed by atoms with Crippen LogP contribution in [-0.4, -0.2) is 46.6 Å². The fourth-order valence-corrected chi connectivity index (χ4v) is 3.09. The van der Waals surface area contributed by atoms with Gasteiger partial charge in [-0.25, -0.2) is 4.57 Å². The third-order valence-electron chi connectivity index (χ3n) is 3.81. The summed E-state index contributed by atoms with van der Waals surface area (Å²) in [5.41, 5.74) is 3.89. The van der Waals surface area contributed by atoms with Crippen molar-refractivity contribution in [3.63, 3.8) is 0 Å². The van der Waals surface area contributed by atoms with Crippen molar-refractivity contribution in [2.24, 2.45) is 5.73 Å². The highest BCUT2D eigenvalue weighted by molar-refractivity contribution is 7.47. The van der Waals surface area contributed by atoms with E-state index in [0.29, 0.717) is 12.8 Å². The minimum atomic E-state index is -4.25. The lowest BCUT2D eigenvalue weighted by Crippen LogP contribution is -2.45. The average molecular weight is 355 g/mol. The summed E-state index contributed by atoms with van der Waals surface area (Å²) in [4.78, 5) is 9.45. The first-order valence-electron chi connectivity index (χ1n) is 8.53. The highest BCUT2D eigenvalue weighted by atomic mass is 31.2. The number of aliphatic hydroxyl groups excluding tert-OH is 1. The Labute approximate surface area is 139 Å². The van der Waals surface area contributed by atoms with Gasteiger partial charge in [-0.05, 0) is 12.8 Å². The van der Waals surface area contributed by atoms with Crippen molar-refractivity contribution in [3.05, 3.63) is 0 Å². The summed E-state index contributed by atoms with van der Waals surface area (Å²) >= 11 is 0. The van der Waals surface area contributed by atoms with Gasteiger partial charge >= 0.3 is 7.82 Å². The Kier molecular flexibility index (Phi) is 12.4. The maximum Gasteiger partial charge on any atom is 0.472 e. The lowest BCUT2D eigenvalue weighted by Gasteiger charge is -2.33. The molecule has 0 aliphatic rings. The van der Waals surface area contributed by atoms with Gasteiger partial charge in [0.15, 0.2) is 0 Å². The van der Waals surface area contributed by atoms with Crippen LogP contribution in [0.2, 0.25) is 0 Å². The molecule has 0 aliphatic carbocycles. The van der Waals surface area contributed by atoms with Crippen LogP contribution in [0.15, 0.2) is 0 Å². The SMILES string of the molecule is CCCCCC(O)(CCCCC)C(O)COP(=O)(O)OCCN. The van der Waals surface area contributed by atoms with Crippen LogP contribution in [0, 0.1) is 0 Å². The third kappa shape index (κ3) is 10.5. The molecule has 0 aromatic rings. The molecule has 0 rings (SSSR count). The Hall–Kier alpha value is -0.0100. The summed E-state index contributed by atoms with van der Waals surface area (Å²) in [7, 11) is -4.25. The van der Waals surface area contributed by atoms with Gasteiger partial charge in [0.2, 0.25) is 0 Å². The molecular formula is C15H34NO6P. The first-order chi connectivity index (χ1) is 10.8. The minimum absolute atomic E-state index is 0.0917. The van der Waals surface area contributed by atoms with Crippen LogP contribution in [0.3, 0.4) is 0 Å². The van der Waals surface area contributed by atoms with E-state index in [1.54, 1.807) is 0 Å². The molecule has 0 saturated heterocycles. The van der Waals surface area contributed by atoms with Crippen LogP contribution >= 0.6 is 7.82 Å². The lowest BCUT2D eigenvalue weighted by molar-refractivity contribution is -0.105. The largest absolute Gasteiger partial charge is 0.472 e. The number of hydrogen-bond donors (Lipinski definition) is 4. The topological polar surface area (TPSA) is 122 Å². The second-order valence-electron chi connectivity index (χ2n) is 5.92. The predicted molar refractivity (Wildman–Crippen MR) is 90.0 cm³/mol. The molecule has 0 bridgehead atoms. The molecule has 0 heterocycles. The summed E-state index contributed by atoms with van der Waals surface area (Å²) in [6, 6.07) is 0. The number of nitrogens with two attached hydrogens (primary N) is 1. The molecule has 140 valence electrons. The molecular weight excluding hydrogens is 321 g/mol. The van der Waals surface area contributed by atoms with E-state index in [0.717, 1.165) is 38.5 Å². The summed E-state index contributed by atoms with van der Waals surface area (Å²) < 4.78 is 21.0. The predicted octanol–water partition coefficient (Wildman–Crippen LogP) is 2.33. The molecule has 7 nitrogen and oxygen atoms in total. The molecule has 0 fully saturated rings. The van der Waals surface area contributed by atoms with Crippen molar-refractivity contribution in [2.45, 2.75) is 76.9 Å². The molecule has 2 unspecified atom stereocenters. The Morgan fingerprint density at radius 1 is 1.09 bits per heavy atom. The van der Waals surface area contributed by atoms with Gasteiger partial charge in [-0.1, -0.05) is 52.4 Å². The second kappa shape index (κ2) is 12.4. The highest BCUT2D eigenvalue weighted by Gasteiger charge is 2.36. The first-order valence-corrected chi connectivity index (χ1v) is 10.0. The van der Waals surface area contributed by atoms with Crippen molar-refractivity contribution >= 4 is 7.82 Å². The quantitative estimate of drug-likeness (QED) is 0.263. The van der Waals surface area contributed by atoms with Crippen LogP contribution in [-0.2, 0) is 13.6 Å². The Bertz CT molecular complexity index is 332. The van der Waals surface area contributed by atoms with Crippen molar-refractivity contribution in [2.75, 3.05) is 19.8 Å². The number of phosphoric ester groups is 1. The Balaban J connectivity index is 4.57. The van der Waals surface area contributed by atoms with Gasteiger partial charge in [-0.2, -0.15) is 0 Å². The van der Waals surface area contributed by atoms with Crippen molar-refractivity contribution in [3.8, 4) is 0 Å². The van der Waals surface area contributed by atoms with Gasteiger partial charge in [-0.15, -0.1) is 0 Å². The minimum Gasteiger partial charge on any atom is -0.388 e. The van der Waals surface area contributed by atoms with Gasteiger partial charge in [-0.3, -0.25) is 9.05 Å². The summed E-state index contributed by atoms with van der Waals surface area (Å²) in [6.45, 7) is 3.65. The van der Waals surface area contributed by atoms with Crippen LogP contribution in [0.4, 0.5) is 0 Å². The van der Waals surface area contributed by atoms with E-state index >= 15 is 0 Å². The molecule has 8 heteroatoms. The zero-order valence-electron chi connectivity index (χ0n) is 14.4. The standard InChI is InChI=1S/C15H34NO6P/c1-3-5-7-9-15(18,10-8-6-4-2)14(17)13-22-23(19,20)21-12-11-16/h14,17-18H,3-13,16H2,1-2H3,(H,19,20). The summed E-state index contributed by atoms with van der Waals surface area (Å²) in [5.74, 6) is 0. The lowest BCUT2D eigenvalue weighted by atomic mass is 9.85. The molecule has 2 atom stereocenters. The summed E-state index contributed by atoms with van der Waals surface area (Å²) in [6.07, 6.45) is 5.16. The van der Waals surface area contributed by atoms with E-state index in [2.05, 4.69) is 18.4 Å². The molecule has 0 amide bonds. The van der Waals surface area contributed by atoms with Crippen LogP contribution in [0.1, 0.15) is 65.2 Å². The Morgan fingerprint density at radius 3 is 2.04 bits per heavy atom. The molecule has 0 saturated carbocycles.